The van der Waals surface area contributed by atoms with Crippen molar-refractivity contribution in [1.29, 1.82) is 0 Å². The van der Waals surface area contributed by atoms with Crippen LogP contribution in [0, 0.1) is 0 Å². The highest BCUT2D eigenvalue weighted by atomic mass is 35.5. The van der Waals surface area contributed by atoms with Crippen molar-refractivity contribution in [3.05, 3.63) is 88.9 Å². The van der Waals surface area contributed by atoms with Gasteiger partial charge in [-0.2, -0.15) is 0 Å². The zero-order valence-electron chi connectivity index (χ0n) is 14.2. The highest BCUT2D eigenvalue weighted by molar-refractivity contribution is 7.27. The largest absolute Gasteiger partial charge is 0.497 e. The van der Waals surface area contributed by atoms with Gasteiger partial charge >= 0.3 is 0 Å². The Balaban J connectivity index is 1.55. The van der Waals surface area contributed by atoms with E-state index < -0.39 is 0 Å². The average molecular weight is 385 g/mol. The van der Waals surface area contributed by atoms with Gasteiger partial charge in [0.2, 0.25) is 0 Å². The zero-order chi connectivity index (χ0) is 18.2. The summed E-state index contributed by atoms with van der Waals surface area (Å²) in [6, 6.07) is 23.0. The second-order valence-electron chi connectivity index (χ2n) is 5.39. The topological polar surface area (TPSA) is 27.7 Å². The summed E-state index contributed by atoms with van der Waals surface area (Å²) in [5.74, 6) is 2.30. The number of rotatable bonds is 7. The van der Waals surface area contributed by atoms with E-state index in [9.17, 15) is 0 Å². The van der Waals surface area contributed by atoms with Gasteiger partial charge in [0.15, 0.2) is 0 Å². The zero-order valence-corrected chi connectivity index (χ0v) is 15.9. The maximum absolute atomic E-state index is 6.24. The molecule has 3 nitrogen and oxygen atoms in total. The van der Waals surface area contributed by atoms with Crippen LogP contribution in [0.25, 0.3) is 12.2 Å². The third kappa shape index (κ3) is 5.26. The average Bonchev–Trinajstić information content (AvgIpc) is 2.69. The van der Waals surface area contributed by atoms with E-state index in [0.29, 0.717) is 5.02 Å². The Hall–Kier alpha value is -2.48. The molecule has 0 N–H and O–H groups in total. The third-order valence-electron chi connectivity index (χ3n) is 3.61. The molecule has 1 unspecified atom stereocenters. The van der Waals surface area contributed by atoms with E-state index in [1.165, 1.54) is 0 Å². The molecule has 0 saturated carbocycles. The van der Waals surface area contributed by atoms with Crippen LogP contribution in [-0.4, -0.2) is 7.11 Å². The van der Waals surface area contributed by atoms with E-state index in [-0.39, 0.29) is 9.03 Å². The Morgan fingerprint density at radius 3 is 2.08 bits per heavy atom. The van der Waals surface area contributed by atoms with Gasteiger partial charge in [0.05, 0.1) is 12.1 Å². The molecule has 0 aliphatic heterocycles. The molecule has 3 rings (SSSR count). The van der Waals surface area contributed by atoms with E-state index in [4.69, 9.17) is 25.4 Å². The van der Waals surface area contributed by atoms with Gasteiger partial charge < -0.3 is 13.8 Å². The molecule has 5 heteroatoms. The predicted octanol–water partition coefficient (Wildman–Crippen LogP) is 6.49. The monoisotopic (exact) mass is 384 g/mol. The van der Waals surface area contributed by atoms with E-state index >= 15 is 0 Å². The predicted molar refractivity (Wildman–Crippen MR) is 109 cm³/mol. The van der Waals surface area contributed by atoms with Gasteiger partial charge in [-0.25, -0.2) is 0 Å². The lowest BCUT2D eigenvalue weighted by atomic mass is 10.1. The van der Waals surface area contributed by atoms with Crippen molar-refractivity contribution in [2.24, 2.45) is 0 Å². The third-order valence-corrected chi connectivity index (χ3v) is 4.57. The molecule has 0 aromatic heterocycles. The van der Waals surface area contributed by atoms with Crippen LogP contribution in [0.2, 0.25) is 5.02 Å². The van der Waals surface area contributed by atoms with Gasteiger partial charge in [-0.3, -0.25) is 0 Å². The van der Waals surface area contributed by atoms with Crippen LogP contribution in [0.3, 0.4) is 0 Å². The molecule has 3 aromatic rings. The minimum absolute atomic E-state index is 0.0881. The second kappa shape index (κ2) is 9.28. The summed E-state index contributed by atoms with van der Waals surface area (Å²) in [4.78, 5) is 0. The van der Waals surface area contributed by atoms with Crippen molar-refractivity contribution in [3.63, 3.8) is 0 Å². The fourth-order valence-corrected chi connectivity index (χ4v) is 2.95. The Bertz CT molecular complexity index is 864. The summed E-state index contributed by atoms with van der Waals surface area (Å²) in [7, 11) is 1.53. The van der Waals surface area contributed by atoms with Gasteiger partial charge in [-0.1, -0.05) is 54.1 Å². The molecule has 0 fully saturated rings. The summed E-state index contributed by atoms with van der Waals surface area (Å²) >= 11 is 6.24. The van der Waals surface area contributed by atoms with Crippen molar-refractivity contribution < 1.29 is 13.8 Å². The van der Waals surface area contributed by atoms with Crippen molar-refractivity contribution in [3.8, 4) is 17.2 Å². The quantitative estimate of drug-likeness (QED) is 0.344. The van der Waals surface area contributed by atoms with Crippen LogP contribution in [0.15, 0.2) is 72.8 Å². The molecule has 3 aromatic carbocycles. The summed E-state index contributed by atoms with van der Waals surface area (Å²) in [5, 5.41) is 0.653. The number of hydrogen-bond acceptors (Lipinski definition) is 3. The van der Waals surface area contributed by atoms with E-state index in [1.54, 1.807) is 13.2 Å². The SMILES string of the molecule is COc1ccc(/C=C/c2ccc(OPOc3ccccc3)cc2)c(Cl)c1. The molecule has 0 spiro atoms. The number of ether oxygens (including phenoxy) is 1. The number of benzene rings is 3. The van der Waals surface area contributed by atoms with E-state index in [2.05, 4.69) is 0 Å². The minimum Gasteiger partial charge on any atom is -0.497 e. The second-order valence-corrected chi connectivity index (χ2v) is 6.37. The molecule has 0 bridgehead atoms. The van der Waals surface area contributed by atoms with Crippen LogP contribution >= 0.6 is 20.6 Å². The first kappa shape index (κ1) is 18.3. The first-order valence-electron chi connectivity index (χ1n) is 8.00. The van der Waals surface area contributed by atoms with Gasteiger partial charge in [0.25, 0.3) is 9.03 Å². The molecule has 0 saturated heterocycles. The standard InChI is InChI=1S/C21H18ClO3P/c1-23-20-14-11-17(21(22)15-20)10-7-16-8-12-19(13-9-16)25-26-24-18-5-3-2-4-6-18/h2-15,26H,1H3/b10-7+. The normalized spacial score (nSPS) is 11.2. The molecular formula is C21H18ClO3P. The summed E-state index contributed by atoms with van der Waals surface area (Å²) < 4.78 is 16.3. The van der Waals surface area contributed by atoms with Crippen LogP contribution in [0.5, 0.6) is 17.2 Å². The summed E-state index contributed by atoms with van der Waals surface area (Å²) in [6.07, 6.45) is 3.97. The molecule has 1 atom stereocenters. The number of para-hydroxylation sites is 1. The first-order valence-corrected chi connectivity index (χ1v) is 9.19. The van der Waals surface area contributed by atoms with E-state index in [1.807, 2.05) is 78.9 Å². The number of halogens is 1. The van der Waals surface area contributed by atoms with Crippen molar-refractivity contribution in [1.82, 2.24) is 0 Å². The first-order chi connectivity index (χ1) is 12.7. The molecule has 0 amide bonds. The molecule has 0 aliphatic rings. The number of methoxy groups -OCH3 is 1. The van der Waals surface area contributed by atoms with Crippen LogP contribution < -0.4 is 13.8 Å². The lowest BCUT2D eigenvalue weighted by Crippen LogP contribution is -1.85. The van der Waals surface area contributed by atoms with Gasteiger partial charge in [-0.05, 0) is 53.6 Å². The van der Waals surface area contributed by atoms with Crippen molar-refractivity contribution in [2.45, 2.75) is 0 Å². The lowest BCUT2D eigenvalue weighted by Gasteiger charge is -2.07. The van der Waals surface area contributed by atoms with E-state index in [0.717, 1.165) is 28.4 Å². The van der Waals surface area contributed by atoms with Gasteiger partial charge in [0.1, 0.15) is 17.2 Å². The van der Waals surface area contributed by atoms with Crippen LogP contribution in [0.1, 0.15) is 11.1 Å². The molecule has 26 heavy (non-hydrogen) atoms. The molecule has 0 heterocycles. The van der Waals surface area contributed by atoms with Gasteiger partial charge in [0, 0.05) is 0 Å². The summed E-state index contributed by atoms with van der Waals surface area (Å²) in [5.41, 5.74) is 1.99. The van der Waals surface area contributed by atoms with Crippen molar-refractivity contribution in [2.75, 3.05) is 7.11 Å². The maximum Gasteiger partial charge on any atom is 0.275 e. The fraction of sp³-hybridized carbons (Fsp3) is 0.0476. The smallest absolute Gasteiger partial charge is 0.275 e. The highest BCUT2D eigenvalue weighted by Gasteiger charge is 2.00. The van der Waals surface area contributed by atoms with Gasteiger partial charge in [-0.15, -0.1) is 0 Å². The molecule has 0 radical (unpaired) electrons. The minimum atomic E-state index is -0.0881. The maximum atomic E-state index is 6.24. The van der Waals surface area contributed by atoms with Crippen LogP contribution in [0.4, 0.5) is 0 Å². The Labute approximate surface area is 160 Å². The summed E-state index contributed by atoms with van der Waals surface area (Å²) in [6.45, 7) is 0. The Morgan fingerprint density at radius 2 is 1.42 bits per heavy atom. The Morgan fingerprint density at radius 1 is 0.769 bits per heavy atom. The molecule has 0 aliphatic carbocycles. The number of hydrogen-bond donors (Lipinski definition) is 0. The highest BCUT2D eigenvalue weighted by Crippen LogP contribution is 2.26. The molecule has 132 valence electrons. The Kier molecular flexibility index (Phi) is 6.54. The fourth-order valence-electron chi connectivity index (χ4n) is 2.21. The van der Waals surface area contributed by atoms with Crippen molar-refractivity contribution >= 4 is 32.8 Å². The van der Waals surface area contributed by atoms with Crippen LogP contribution in [-0.2, 0) is 0 Å². The molecular weight excluding hydrogens is 367 g/mol. The lowest BCUT2D eigenvalue weighted by molar-refractivity contribution is 0.415.